The minimum absolute atomic E-state index is 0.175. The molecule has 0 spiro atoms. The van der Waals surface area contributed by atoms with Gasteiger partial charge in [-0.25, -0.2) is 0 Å². The summed E-state index contributed by atoms with van der Waals surface area (Å²) >= 11 is 0. The van der Waals surface area contributed by atoms with Crippen molar-refractivity contribution in [3.8, 4) is 0 Å². The fourth-order valence-corrected chi connectivity index (χ4v) is 2.01. The molecule has 0 aliphatic carbocycles. The van der Waals surface area contributed by atoms with Crippen molar-refractivity contribution >= 4 is 5.97 Å². The molecule has 0 N–H and O–H groups in total. The van der Waals surface area contributed by atoms with E-state index in [1.165, 1.54) is 51.9 Å². The van der Waals surface area contributed by atoms with Gasteiger partial charge in [-0.1, -0.05) is 58.1 Å². The SMILES string of the molecule is CCCCCCCCC=CCC(C)CCOC(C)=O. The molecule has 0 heterocycles. The van der Waals surface area contributed by atoms with Gasteiger partial charge < -0.3 is 4.74 Å². The summed E-state index contributed by atoms with van der Waals surface area (Å²) in [5.74, 6) is 0.422. The molecule has 0 radical (unpaired) electrons. The number of hydrogen-bond donors (Lipinski definition) is 0. The van der Waals surface area contributed by atoms with E-state index in [9.17, 15) is 4.79 Å². The van der Waals surface area contributed by atoms with Crippen LogP contribution < -0.4 is 0 Å². The lowest BCUT2D eigenvalue weighted by Crippen LogP contribution is -2.04. The van der Waals surface area contributed by atoms with Crippen LogP contribution in [0.4, 0.5) is 0 Å². The van der Waals surface area contributed by atoms with Gasteiger partial charge in [0.25, 0.3) is 0 Å². The fraction of sp³-hybridized carbons (Fsp3) is 0.824. The highest BCUT2D eigenvalue weighted by Gasteiger charge is 2.00. The monoisotopic (exact) mass is 268 g/mol. The summed E-state index contributed by atoms with van der Waals surface area (Å²) in [7, 11) is 0. The van der Waals surface area contributed by atoms with Crippen LogP contribution in [0, 0.1) is 5.92 Å². The highest BCUT2D eigenvalue weighted by molar-refractivity contribution is 5.65. The van der Waals surface area contributed by atoms with E-state index in [1.54, 1.807) is 0 Å². The highest BCUT2D eigenvalue weighted by Crippen LogP contribution is 2.10. The Bertz CT molecular complexity index is 233. The fourth-order valence-electron chi connectivity index (χ4n) is 2.01. The largest absolute Gasteiger partial charge is 0.466 e. The summed E-state index contributed by atoms with van der Waals surface area (Å²) in [4.78, 5) is 10.6. The van der Waals surface area contributed by atoms with Crippen molar-refractivity contribution in [3.63, 3.8) is 0 Å². The Morgan fingerprint density at radius 3 is 2.47 bits per heavy atom. The Balaban J connectivity index is 3.29. The van der Waals surface area contributed by atoms with E-state index in [0.717, 1.165) is 12.8 Å². The number of carbonyl (C=O) groups excluding carboxylic acids is 1. The summed E-state index contributed by atoms with van der Waals surface area (Å²) in [5, 5.41) is 0. The van der Waals surface area contributed by atoms with Gasteiger partial charge in [0.15, 0.2) is 0 Å². The van der Waals surface area contributed by atoms with E-state index >= 15 is 0 Å². The molecule has 112 valence electrons. The number of unbranched alkanes of at least 4 members (excludes halogenated alkanes) is 6. The van der Waals surface area contributed by atoms with E-state index in [2.05, 4.69) is 26.0 Å². The molecule has 0 aliphatic heterocycles. The van der Waals surface area contributed by atoms with Gasteiger partial charge in [-0.05, 0) is 31.6 Å². The summed E-state index contributed by atoms with van der Waals surface area (Å²) in [6, 6.07) is 0. The Labute approximate surface area is 119 Å². The Kier molecular flexibility index (Phi) is 13.1. The molecule has 0 aromatic rings. The quantitative estimate of drug-likeness (QED) is 0.274. The third-order valence-corrected chi connectivity index (χ3v) is 3.35. The summed E-state index contributed by atoms with van der Waals surface area (Å²) in [6.45, 7) is 6.48. The zero-order valence-corrected chi connectivity index (χ0v) is 13.1. The average Bonchev–Trinajstić information content (AvgIpc) is 2.36. The number of esters is 1. The second-order valence-electron chi connectivity index (χ2n) is 5.50. The van der Waals surface area contributed by atoms with Crippen LogP contribution in [0.5, 0.6) is 0 Å². The van der Waals surface area contributed by atoms with Crippen LogP contribution in [0.15, 0.2) is 12.2 Å². The van der Waals surface area contributed by atoms with E-state index in [4.69, 9.17) is 4.74 Å². The van der Waals surface area contributed by atoms with Crippen LogP contribution in [-0.4, -0.2) is 12.6 Å². The number of ether oxygens (including phenoxy) is 1. The molecule has 2 heteroatoms. The topological polar surface area (TPSA) is 26.3 Å². The van der Waals surface area contributed by atoms with Gasteiger partial charge in [0.05, 0.1) is 6.61 Å². The van der Waals surface area contributed by atoms with Crippen molar-refractivity contribution < 1.29 is 9.53 Å². The van der Waals surface area contributed by atoms with Crippen LogP contribution in [0.1, 0.15) is 78.6 Å². The zero-order valence-electron chi connectivity index (χ0n) is 13.1. The molecular weight excluding hydrogens is 236 g/mol. The van der Waals surface area contributed by atoms with Gasteiger partial charge in [-0.2, -0.15) is 0 Å². The van der Waals surface area contributed by atoms with E-state index in [-0.39, 0.29) is 5.97 Å². The van der Waals surface area contributed by atoms with Crippen LogP contribution in [0.3, 0.4) is 0 Å². The van der Waals surface area contributed by atoms with Crippen molar-refractivity contribution in [2.75, 3.05) is 6.61 Å². The third kappa shape index (κ3) is 15.2. The van der Waals surface area contributed by atoms with E-state index in [0.29, 0.717) is 12.5 Å². The Hall–Kier alpha value is -0.790. The minimum atomic E-state index is -0.175. The lowest BCUT2D eigenvalue weighted by atomic mass is 10.0. The van der Waals surface area contributed by atoms with Crippen molar-refractivity contribution in [1.82, 2.24) is 0 Å². The summed E-state index contributed by atoms with van der Waals surface area (Å²) in [6.07, 6.45) is 16.0. The molecule has 1 atom stereocenters. The van der Waals surface area contributed by atoms with E-state index < -0.39 is 0 Å². The molecule has 0 aromatic heterocycles. The maximum absolute atomic E-state index is 10.6. The van der Waals surface area contributed by atoms with Crippen molar-refractivity contribution in [3.05, 3.63) is 12.2 Å². The molecule has 0 saturated carbocycles. The first-order valence-electron chi connectivity index (χ1n) is 7.95. The molecule has 0 aromatic carbocycles. The molecular formula is C17H32O2. The number of rotatable bonds is 12. The molecule has 0 rings (SSSR count). The predicted octanol–water partition coefficient (Wildman–Crippen LogP) is 5.27. The predicted molar refractivity (Wildman–Crippen MR) is 82.2 cm³/mol. The molecule has 0 amide bonds. The molecule has 1 unspecified atom stereocenters. The average molecular weight is 268 g/mol. The van der Waals surface area contributed by atoms with Crippen LogP contribution in [0.25, 0.3) is 0 Å². The highest BCUT2D eigenvalue weighted by atomic mass is 16.5. The molecule has 0 aliphatic rings. The molecule has 19 heavy (non-hydrogen) atoms. The summed E-state index contributed by atoms with van der Waals surface area (Å²) in [5.41, 5.74) is 0. The van der Waals surface area contributed by atoms with Crippen LogP contribution >= 0.6 is 0 Å². The molecule has 0 saturated heterocycles. The van der Waals surface area contributed by atoms with Crippen molar-refractivity contribution in [2.24, 2.45) is 5.92 Å². The first-order valence-corrected chi connectivity index (χ1v) is 7.95. The third-order valence-electron chi connectivity index (χ3n) is 3.35. The number of allylic oxidation sites excluding steroid dienone is 2. The molecule has 0 bridgehead atoms. The maximum atomic E-state index is 10.6. The van der Waals surface area contributed by atoms with Gasteiger partial charge >= 0.3 is 5.97 Å². The van der Waals surface area contributed by atoms with Gasteiger partial charge in [0, 0.05) is 6.92 Å². The second kappa shape index (κ2) is 13.6. The van der Waals surface area contributed by atoms with Gasteiger partial charge in [-0.15, -0.1) is 0 Å². The Morgan fingerprint density at radius 2 is 1.79 bits per heavy atom. The van der Waals surface area contributed by atoms with E-state index in [1.807, 2.05) is 0 Å². The molecule has 2 nitrogen and oxygen atoms in total. The Morgan fingerprint density at radius 1 is 1.11 bits per heavy atom. The maximum Gasteiger partial charge on any atom is 0.302 e. The first kappa shape index (κ1) is 18.2. The second-order valence-corrected chi connectivity index (χ2v) is 5.50. The molecule has 0 fully saturated rings. The van der Waals surface area contributed by atoms with Crippen LogP contribution in [0.2, 0.25) is 0 Å². The van der Waals surface area contributed by atoms with Crippen LogP contribution in [-0.2, 0) is 9.53 Å². The first-order chi connectivity index (χ1) is 9.16. The number of carbonyl (C=O) groups is 1. The van der Waals surface area contributed by atoms with Gasteiger partial charge in [-0.3, -0.25) is 4.79 Å². The van der Waals surface area contributed by atoms with Crippen molar-refractivity contribution in [2.45, 2.75) is 78.6 Å². The smallest absolute Gasteiger partial charge is 0.302 e. The van der Waals surface area contributed by atoms with Crippen molar-refractivity contribution in [1.29, 1.82) is 0 Å². The lowest BCUT2D eigenvalue weighted by Gasteiger charge is -2.08. The standard InChI is InChI=1S/C17H32O2/c1-4-5-6-7-8-9-10-11-12-13-16(2)14-15-19-17(3)18/h11-12,16H,4-10,13-15H2,1-3H3. The zero-order chi connectivity index (χ0) is 14.3. The lowest BCUT2D eigenvalue weighted by molar-refractivity contribution is -0.141. The van der Waals surface area contributed by atoms with Gasteiger partial charge in [0.2, 0.25) is 0 Å². The van der Waals surface area contributed by atoms with Gasteiger partial charge in [0.1, 0.15) is 0 Å². The summed E-state index contributed by atoms with van der Waals surface area (Å²) < 4.78 is 4.94. The number of hydrogen-bond acceptors (Lipinski definition) is 2. The normalized spacial score (nSPS) is 12.8. The minimum Gasteiger partial charge on any atom is -0.466 e.